The van der Waals surface area contributed by atoms with Gasteiger partial charge in [0.25, 0.3) is 0 Å². The Hall–Kier alpha value is -0.650. The average molecular weight is 202 g/mol. The van der Waals surface area contributed by atoms with E-state index in [1.54, 1.807) is 0 Å². The molecule has 1 fully saturated rings. The maximum absolute atomic E-state index is 10.4. The fourth-order valence-electron chi connectivity index (χ4n) is 1.51. The Bertz CT molecular complexity index is 204. The van der Waals surface area contributed by atoms with Crippen LogP contribution in [0, 0.1) is 5.41 Å². The normalized spacial score (nSPS) is 20.4. The van der Waals surface area contributed by atoms with Gasteiger partial charge in [0.05, 0.1) is 0 Å². The molecule has 1 rings (SSSR count). The molecule has 0 amide bonds. The van der Waals surface area contributed by atoms with E-state index in [1.807, 2.05) is 0 Å². The number of aliphatic carboxylic acids is 1. The molecule has 0 aromatic rings. The van der Waals surface area contributed by atoms with Crippen molar-refractivity contribution in [3.05, 3.63) is 0 Å². The van der Waals surface area contributed by atoms with Gasteiger partial charge >= 0.3 is 5.97 Å². The van der Waals surface area contributed by atoms with Crippen LogP contribution in [0.5, 0.6) is 0 Å². The highest BCUT2D eigenvalue weighted by molar-refractivity contribution is 5.73. The Labute approximate surface area is 83.3 Å². The zero-order valence-corrected chi connectivity index (χ0v) is 8.20. The summed E-state index contributed by atoms with van der Waals surface area (Å²) >= 11 is 0. The summed E-state index contributed by atoms with van der Waals surface area (Å²) in [4.78, 5) is 10.4. The van der Waals surface area contributed by atoms with Gasteiger partial charge in [-0.3, -0.25) is 4.79 Å². The minimum Gasteiger partial charge on any atom is -0.480 e. The van der Waals surface area contributed by atoms with E-state index in [0.29, 0.717) is 6.54 Å². The Morgan fingerprint density at radius 2 is 2.21 bits per heavy atom. The van der Waals surface area contributed by atoms with Crippen LogP contribution in [0.2, 0.25) is 0 Å². The van der Waals surface area contributed by atoms with E-state index in [4.69, 9.17) is 15.9 Å². The Kier molecular flexibility index (Phi) is 3.86. The standard InChI is InChI=1S/C9H18N2O3/c10-7(8(13)14)5-11-6-9(1-2-9)3-4-12/h7,11-12H,1-6,10H2,(H,13,14). The number of nitrogens with two attached hydrogens (primary N) is 1. The molecule has 0 radical (unpaired) electrons. The molecule has 5 heteroatoms. The quantitative estimate of drug-likeness (QED) is 0.431. The second-order valence-corrected chi connectivity index (χ2v) is 4.05. The van der Waals surface area contributed by atoms with Gasteiger partial charge in [0, 0.05) is 19.7 Å². The van der Waals surface area contributed by atoms with Crippen LogP contribution in [0.1, 0.15) is 19.3 Å². The monoisotopic (exact) mass is 202 g/mol. The first kappa shape index (κ1) is 11.4. The van der Waals surface area contributed by atoms with Crippen LogP contribution < -0.4 is 11.1 Å². The number of carbonyl (C=O) groups is 1. The molecular formula is C9H18N2O3. The van der Waals surface area contributed by atoms with E-state index in [0.717, 1.165) is 25.8 Å². The Balaban J connectivity index is 2.12. The van der Waals surface area contributed by atoms with Crippen molar-refractivity contribution in [2.75, 3.05) is 19.7 Å². The summed E-state index contributed by atoms with van der Waals surface area (Å²) in [5, 5.41) is 20.4. The van der Waals surface area contributed by atoms with Gasteiger partial charge in [-0.25, -0.2) is 0 Å². The molecule has 1 unspecified atom stereocenters. The second kappa shape index (κ2) is 4.72. The first-order valence-electron chi connectivity index (χ1n) is 4.90. The molecule has 5 nitrogen and oxygen atoms in total. The van der Waals surface area contributed by atoms with E-state index in [9.17, 15) is 4.79 Å². The summed E-state index contributed by atoms with van der Waals surface area (Å²) in [6.45, 7) is 1.25. The SMILES string of the molecule is NC(CNCC1(CCO)CC1)C(=O)O. The van der Waals surface area contributed by atoms with Gasteiger partial charge in [0.1, 0.15) is 6.04 Å². The highest BCUT2D eigenvalue weighted by Crippen LogP contribution is 2.47. The highest BCUT2D eigenvalue weighted by Gasteiger charge is 2.41. The van der Waals surface area contributed by atoms with Crippen molar-refractivity contribution in [1.82, 2.24) is 5.32 Å². The minimum atomic E-state index is -0.982. The largest absolute Gasteiger partial charge is 0.480 e. The van der Waals surface area contributed by atoms with Crippen molar-refractivity contribution in [2.45, 2.75) is 25.3 Å². The molecule has 1 aliphatic rings. The highest BCUT2D eigenvalue weighted by atomic mass is 16.4. The number of aliphatic hydroxyl groups excluding tert-OH is 1. The predicted octanol–water partition coefficient (Wildman–Crippen LogP) is -0.849. The smallest absolute Gasteiger partial charge is 0.321 e. The predicted molar refractivity (Wildman–Crippen MR) is 51.9 cm³/mol. The van der Waals surface area contributed by atoms with Gasteiger partial charge < -0.3 is 21.3 Å². The number of hydrogen-bond acceptors (Lipinski definition) is 4. The molecular weight excluding hydrogens is 184 g/mol. The summed E-state index contributed by atoms with van der Waals surface area (Å²) < 4.78 is 0. The summed E-state index contributed by atoms with van der Waals surface area (Å²) in [5.74, 6) is -0.982. The van der Waals surface area contributed by atoms with Gasteiger partial charge in [0.15, 0.2) is 0 Å². The van der Waals surface area contributed by atoms with Crippen molar-refractivity contribution >= 4 is 5.97 Å². The van der Waals surface area contributed by atoms with Crippen LogP contribution in [-0.2, 0) is 4.79 Å². The first-order chi connectivity index (χ1) is 6.59. The summed E-state index contributed by atoms with van der Waals surface area (Å²) in [7, 11) is 0. The molecule has 0 aromatic carbocycles. The number of aliphatic hydroxyl groups is 1. The fraction of sp³-hybridized carbons (Fsp3) is 0.889. The third-order valence-electron chi connectivity index (χ3n) is 2.78. The van der Waals surface area contributed by atoms with Gasteiger partial charge in [-0.15, -0.1) is 0 Å². The Morgan fingerprint density at radius 3 is 2.64 bits per heavy atom. The van der Waals surface area contributed by atoms with Gasteiger partial charge in [0.2, 0.25) is 0 Å². The molecule has 0 aliphatic heterocycles. The molecule has 1 atom stereocenters. The number of carboxylic acids is 1. The molecule has 14 heavy (non-hydrogen) atoms. The molecule has 0 bridgehead atoms. The fourth-order valence-corrected chi connectivity index (χ4v) is 1.51. The lowest BCUT2D eigenvalue weighted by molar-refractivity contribution is -0.138. The topological polar surface area (TPSA) is 95.6 Å². The number of rotatable bonds is 7. The molecule has 5 N–H and O–H groups in total. The number of carboxylic acid groups (broad SMARTS) is 1. The Morgan fingerprint density at radius 1 is 1.57 bits per heavy atom. The zero-order chi connectivity index (χ0) is 10.6. The van der Waals surface area contributed by atoms with Crippen molar-refractivity contribution in [2.24, 2.45) is 11.1 Å². The van der Waals surface area contributed by atoms with E-state index in [1.165, 1.54) is 0 Å². The van der Waals surface area contributed by atoms with Crippen LogP contribution in [0.15, 0.2) is 0 Å². The van der Waals surface area contributed by atoms with E-state index in [2.05, 4.69) is 5.32 Å². The summed E-state index contributed by atoms with van der Waals surface area (Å²) in [6, 6.07) is -0.833. The van der Waals surface area contributed by atoms with E-state index < -0.39 is 12.0 Å². The van der Waals surface area contributed by atoms with Gasteiger partial charge in [-0.2, -0.15) is 0 Å². The maximum Gasteiger partial charge on any atom is 0.321 e. The second-order valence-electron chi connectivity index (χ2n) is 4.05. The van der Waals surface area contributed by atoms with Gasteiger partial charge in [-0.05, 0) is 24.7 Å². The third-order valence-corrected chi connectivity index (χ3v) is 2.78. The molecule has 1 aliphatic carbocycles. The summed E-state index contributed by atoms with van der Waals surface area (Å²) in [5.41, 5.74) is 5.54. The number of nitrogens with one attached hydrogen (secondary N) is 1. The molecule has 0 spiro atoms. The van der Waals surface area contributed by atoms with Crippen molar-refractivity contribution in [3.8, 4) is 0 Å². The summed E-state index contributed by atoms with van der Waals surface area (Å²) in [6.07, 6.45) is 3.02. The van der Waals surface area contributed by atoms with Crippen LogP contribution in [0.3, 0.4) is 0 Å². The van der Waals surface area contributed by atoms with Crippen LogP contribution >= 0.6 is 0 Å². The minimum absolute atomic E-state index is 0.201. The van der Waals surface area contributed by atoms with Crippen molar-refractivity contribution in [1.29, 1.82) is 0 Å². The average Bonchev–Trinajstić information content (AvgIpc) is 2.85. The third kappa shape index (κ3) is 3.25. The lowest BCUT2D eigenvalue weighted by atomic mass is 10.0. The van der Waals surface area contributed by atoms with Crippen LogP contribution in [0.25, 0.3) is 0 Å². The lowest BCUT2D eigenvalue weighted by Crippen LogP contribution is -2.42. The number of hydrogen-bond donors (Lipinski definition) is 4. The maximum atomic E-state index is 10.4. The van der Waals surface area contributed by atoms with E-state index in [-0.39, 0.29) is 12.0 Å². The van der Waals surface area contributed by atoms with E-state index >= 15 is 0 Å². The van der Waals surface area contributed by atoms with Crippen molar-refractivity contribution < 1.29 is 15.0 Å². The first-order valence-corrected chi connectivity index (χ1v) is 4.90. The zero-order valence-electron chi connectivity index (χ0n) is 8.20. The van der Waals surface area contributed by atoms with Crippen molar-refractivity contribution in [3.63, 3.8) is 0 Å². The van der Waals surface area contributed by atoms with Crippen LogP contribution in [-0.4, -0.2) is 41.9 Å². The molecule has 0 saturated heterocycles. The van der Waals surface area contributed by atoms with Crippen LogP contribution in [0.4, 0.5) is 0 Å². The molecule has 0 aromatic heterocycles. The van der Waals surface area contributed by atoms with Gasteiger partial charge in [-0.1, -0.05) is 0 Å². The molecule has 82 valence electrons. The molecule has 1 saturated carbocycles. The lowest BCUT2D eigenvalue weighted by Gasteiger charge is -2.15. The molecule has 0 heterocycles.